The van der Waals surface area contributed by atoms with Crippen molar-refractivity contribution in [1.29, 1.82) is 0 Å². The highest BCUT2D eigenvalue weighted by atomic mass is 19.1. The molecule has 0 spiro atoms. The number of ether oxygens (including phenoxy) is 2. The molecule has 0 atom stereocenters. The molecule has 0 fully saturated rings. The minimum Gasteiger partial charge on any atom is -0.465 e. The first-order valence-electron chi connectivity index (χ1n) is 5.79. The molecule has 2 N–H and O–H groups in total. The van der Waals surface area contributed by atoms with Crippen molar-refractivity contribution in [2.75, 3.05) is 12.8 Å². The molecule has 0 unspecified atom stereocenters. The Bertz CT molecular complexity index is 659. The molecule has 2 rings (SSSR count). The highest BCUT2D eigenvalue weighted by Gasteiger charge is 2.11. The molecule has 1 heterocycles. The topological polar surface area (TPSA) is 74.4 Å². The van der Waals surface area contributed by atoms with E-state index in [2.05, 4.69) is 9.72 Å². The van der Waals surface area contributed by atoms with Gasteiger partial charge in [0.25, 0.3) is 0 Å². The van der Waals surface area contributed by atoms with E-state index in [-0.39, 0.29) is 17.2 Å². The summed E-state index contributed by atoms with van der Waals surface area (Å²) in [5, 5.41) is 0. The van der Waals surface area contributed by atoms with Crippen LogP contribution in [0.5, 0.6) is 11.6 Å². The van der Waals surface area contributed by atoms with Crippen LogP contribution in [-0.2, 0) is 4.74 Å². The Hall–Kier alpha value is -2.63. The second-order valence-electron chi connectivity index (χ2n) is 4.12. The third kappa shape index (κ3) is 2.85. The summed E-state index contributed by atoms with van der Waals surface area (Å²) in [6.07, 6.45) is 1.38. The van der Waals surface area contributed by atoms with Crippen molar-refractivity contribution in [2.45, 2.75) is 6.92 Å². The van der Waals surface area contributed by atoms with Gasteiger partial charge in [-0.15, -0.1) is 0 Å². The summed E-state index contributed by atoms with van der Waals surface area (Å²) in [4.78, 5) is 15.3. The molecule has 2 aromatic rings. The molecule has 1 aromatic carbocycles. The average molecular weight is 276 g/mol. The van der Waals surface area contributed by atoms with Crippen molar-refractivity contribution in [2.24, 2.45) is 0 Å². The Balaban J connectivity index is 2.31. The molecule has 1 aromatic heterocycles. The van der Waals surface area contributed by atoms with Crippen molar-refractivity contribution in [1.82, 2.24) is 4.98 Å². The number of nitrogens with two attached hydrogens (primary N) is 1. The minimum absolute atomic E-state index is 0.00813. The van der Waals surface area contributed by atoms with Crippen molar-refractivity contribution in [3.05, 3.63) is 47.4 Å². The molecule has 5 nitrogen and oxygen atoms in total. The number of nitrogens with zero attached hydrogens (tertiary/aromatic N) is 1. The molecule has 20 heavy (non-hydrogen) atoms. The Kier molecular flexibility index (Phi) is 3.84. The predicted molar refractivity (Wildman–Crippen MR) is 71.2 cm³/mol. The summed E-state index contributed by atoms with van der Waals surface area (Å²) in [5.41, 5.74) is 6.89. The quantitative estimate of drug-likeness (QED) is 0.689. The number of halogens is 1. The lowest BCUT2D eigenvalue weighted by Gasteiger charge is -2.09. The van der Waals surface area contributed by atoms with Gasteiger partial charge in [0.2, 0.25) is 5.88 Å². The second kappa shape index (κ2) is 5.56. The average Bonchev–Trinajstić information content (AvgIpc) is 2.44. The van der Waals surface area contributed by atoms with Crippen LogP contribution in [0, 0.1) is 12.7 Å². The van der Waals surface area contributed by atoms with Gasteiger partial charge >= 0.3 is 5.97 Å². The van der Waals surface area contributed by atoms with Gasteiger partial charge in [-0.1, -0.05) is 0 Å². The number of rotatable bonds is 3. The number of anilines is 1. The maximum Gasteiger partial charge on any atom is 0.338 e. The standard InChI is InChI=1S/C14H13FN2O3/c1-8-5-12(10(15)7-11(8)16)20-13-6-9(3-4-17-13)14(18)19-2/h3-7H,16H2,1-2H3. The zero-order chi connectivity index (χ0) is 14.7. The summed E-state index contributed by atoms with van der Waals surface area (Å²) in [6, 6.07) is 5.49. The van der Waals surface area contributed by atoms with Crippen molar-refractivity contribution in [3.63, 3.8) is 0 Å². The maximum atomic E-state index is 13.7. The lowest BCUT2D eigenvalue weighted by atomic mass is 10.2. The number of aryl methyl sites for hydroxylation is 1. The fourth-order valence-corrected chi connectivity index (χ4v) is 1.57. The molecule has 0 bridgehead atoms. The van der Waals surface area contributed by atoms with Crippen LogP contribution in [0.1, 0.15) is 15.9 Å². The smallest absolute Gasteiger partial charge is 0.338 e. The first-order chi connectivity index (χ1) is 9.51. The fourth-order valence-electron chi connectivity index (χ4n) is 1.57. The predicted octanol–water partition coefficient (Wildman–Crippen LogP) is 2.69. The van der Waals surface area contributed by atoms with E-state index in [1.54, 1.807) is 6.92 Å². The number of pyridine rings is 1. The zero-order valence-electron chi connectivity index (χ0n) is 11.0. The molecular weight excluding hydrogens is 263 g/mol. The number of nitrogen functional groups attached to an aromatic ring is 1. The van der Waals surface area contributed by atoms with E-state index in [4.69, 9.17) is 10.5 Å². The van der Waals surface area contributed by atoms with Gasteiger partial charge in [0.1, 0.15) is 0 Å². The summed E-state index contributed by atoms with van der Waals surface area (Å²) in [7, 11) is 1.27. The zero-order valence-corrected chi connectivity index (χ0v) is 11.0. The number of esters is 1. The van der Waals surface area contributed by atoms with Gasteiger partial charge in [0.15, 0.2) is 11.6 Å². The van der Waals surface area contributed by atoms with E-state index in [1.807, 2.05) is 0 Å². The lowest BCUT2D eigenvalue weighted by Crippen LogP contribution is -2.02. The largest absolute Gasteiger partial charge is 0.465 e. The van der Waals surface area contributed by atoms with Crippen LogP contribution < -0.4 is 10.5 Å². The number of carbonyl (C=O) groups is 1. The lowest BCUT2D eigenvalue weighted by molar-refractivity contribution is 0.0600. The summed E-state index contributed by atoms with van der Waals surface area (Å²) in [5.74, 6) is -1.04. The number of benzene rings is 1. The number of carbonyl (C=O) groups excluding carboxylic acids is 1. The number of aromatic nitrogens is 1. The highest BCUT2D eigenvalue weighted by molar-refractivity contribution is 5.89. The molecule has 0 radical (unpaired) electrons. The van der Waals surface area contributed by atoms with E-state index in [9.17, 15) is 9.18 Å². The van der Waals surface area contributed by atoms with Gasteiger partial charge in [-0.3, -0.25) is 0 Å². The molecule has 0 saturated carbocycles. The fraction of sp³-hybridized carbons (Fsp3) is 0.143. The van der Waals surface area contributed by atoms with Gasteiger partial charge < -0.3 is 15.2 Å². The molecule has 0 aliphatic carbocycles. The molecule has 6 heteroatoms. The van der Waals surface area contributed by atoms with Crippen LogP contribution in [0.4, 0.5) is 10.1 Å². The monoisotopic (exact) mass is 276 g/mol. The van der Waals surface area contributed by atoms with E-state index in [1.165, 1.54) is 37.6 Å². The molecule has 104 valence electrons. The summed E-state index contributed by atoms with van der Waals surface area (Å²) < 4.78 is 23.6. The van der Waals surface area contributed by atoms with Gasteiger partial charge in [-0.2, -0.15) is 0 Å². The summed E-state index contributed by atoms with van der Waals surface area (Å²) in [6.45, 7) is 1.74. The number of methoxy groups -OCH3 is 1. The van der Waals surface area contributed by atoms with Gasteiger partial charge in [0.05, 0.1) is 12.7 Å². The van der Waals surface area contributed by atoms with Crippen molar-refractivity contribution < 1.29 is 18.7 Å². The van der Waals surface area contributed by atoms with Crippen LogP contribution in [0.25, 0.3) is 0 Å². The second-order valence-corrected chi connectivity index (χ2v) is 4.12. The van der Waals surface area contributed by atoms with Crippen molar-refractivity contribution >= 4 is 11.7 Å². The summed E-state index contributed by atoms with van der Waals surface area (Å²) >= 11 is 0. The molecule has 0 aliphatic heterocycles. The Morgan fingerprint density at radius 1 is 1.35 bits per heavy atom. The maximum absolute atomic E-state index is 13.7. The third-order valence-electron chi connectivity index (χ3n) is 2.69. The van der Waals surface area contributed by atoms with Crippen LogP contribution in [-0.4, -0.2) is 18.1 Å². The Morgan fingerprint density at radius 3 is 2.80 bits per heavy atom. The first-order valence-corrected chi connectivity index (χ1v) is 5.79. The van der Waals surface area contributed by atoms with Crippen molar-refractivity contribution in [3.8, 4) is 11.6 Å². The van der Waals surface area contributed by atoms with Crippen LogP contribution in [0.15, 0.2) is 30.5 Å². The van der Waals surface area contributed by atoms with Gasteiger partial charge in [0, 0.05) is 24.0 Å². The molecule has 0 saturated heterocycles. The SMILES string of the molecule is COC(=O)c1ccnc(Oc2cc(C)c(N)cc2F)c1. The van der Waals surface area contributed by atoms with E-state index in [0.717, 1.165) is 0 Å². The molecular formula is C14H13FN2O3. The third-order valence-corrected chi connectivity index (χ3v) is 2.69. The van der Waals surface area contributed by atoms with Gasteiger partial charge in [-0.25, -0.2) is 14.2 Å². The first kappa shape index (κ1) is 13.8. The van der Waals surface area contributed by atoms with E-state index in [0.29, 0.717) is 11.3 Å². The van der Waals surface area contributed by atoms with Crippen LogP contribution in [0.3, 0.4) is 0 Å². The normalized spacial score (nSPS) is 10.2. The Morgan fingerprint density at radius 2 is 2.10 bits per heavy atom. The Labute approximate surface area is 115 Å². The highest BCUT2D eigenvalue weighted by Crippen LogP contribution is 2.27. The van der Waals surface area contributed by atoms with Crippen LogP contribution in [0.2, 0.25) is 0 Å². The molecule has 0 amide bonds. The van der Waals surface area contributed by atoms with E-state index < -0.39 is 11.8 Å². The number of hydrogen-bond acceptors (Lipinski definition) is 5. The molecule has 0 aliphatic rings. The minimum atomic E-state index is -0.599. The number of hydrogen-bond donors (Lipinski definition) is 1. The van der Waals surface area contributed by atoms with E-state index >= 15 is 0 Å². The van der Waals surface area contributed by atoms with Gasteiger partial charge in [-0.05, 0) is 24.6 Å². The van der Waals surface area contributed by atoms with Crippen LogP contribution >= 0.6 is 0 Å².